The van der Waals surface area contributed by atoms with Crippen LogP contribution in [0.1, 0.15) is 16.8 Å². The zero-order valence-corrected chi connectivity index (χ0v) is 12.9. The number of sulfonamides is 1. The van der Waals surface area contributed by atoms with Gasteiger partial charge in [0.25, 0.3) is 0 Å². The fourth-order valence-electron chi connectivity index (χ4n) is 2.44. The van der Waals surface area contributed by atoms with E-state index in [-0.39, 0.29) is 5.56 Å². The third-order valence-corrected chi connectivity index (χ3v) is 5.59. The predicted octanol–water partition coefficient (Wildman–Crippen LogP) is -0.985. The van der Waals surface area contributed by atoms with Crippen LogP contribution in [0.25, 0.3) is 0 Å². The average Bonchev–Trinajstić information content (AvgIpc) is 2.88. The molecule has 0 spiro atoms. The lowest BCUT2D eigenvalue weighted by Gasteiger charge is -2.21. The van der Waals surface area contributed by atoms with E-state index in [1.54, 1.807) is 0 Å². The topological polar surface area (TPSA) is 175 Å². The number of nitrogens with two attached hydrogens (primary N) is 1. The molecule has 1 aromatic carbocycles. The van der Waals surface area contributed by atoms with Gasteiger partial charge in [0.1, 0.15) is 11.6 Å². The highest BCUT2D eigenvalue weighted by Gasteiger charge is 2.54. The molecular weight excluding hydrogens is 344 g/mol. The van der Waals surface area contributed by atoms with Crippen molar-refractivity contribution < 1.29 is 38.1 Å². The number of nitrogens with zero attached hydrogens (tertiary/aromatic N) is 1. The van der Waals surface area contributed by atoms with E-state index in [2.05, 4.69) is 0 Å². The first-order chi connectivity index (χ1) is 11.0. The van der Waals surface area contributed by atoms with Crippen molar-refractivity contribution in [3.05, 3.63) is 29.8 Å². The lowest BCUT2D eigenvalue weighted by Crippen LogP contribution is -2.50. The van der Waals surface area contributed by atoms with Crippen molar-refractivity contribution in [1.29, 1.82) is 0 Å². The van der Waals surface area contributed by atoms with E-state index in [4.69, 9.17) is 15.9 Å². The number of carboxylic acids is 3. The Hall–Kier alpha value is -2.50. The van der Waals surface area contributed by atoms with Gasteiger partial charge in [-0.1, -0.05) is 6.07 Å². The summed E-state index contributed by atoms with van der Waals surface area (Å²) < 4.78 is 25.8. The Bertz CT molecular complexity index is 821. The number of hydrogen-bond acceptors (Lipinski definition) is 6. The molecule has 130 valence electrons. The lowest BCUT2D eigenvalue weighted by atomic mass is 9.98. The minimum atomic E-state index is -4.45. The van der Waals surface area contributed by atoms with E-state index < -0.39 is 57.4 Å². The summed E-state index contributed by atoms with van der Waals surface area (Å²) in [5.74, 6) is -4.42. The standard InChI is InChI=1S/C13H14N2O8S/c14-13(12(20)21)5-9(11(18)19)15(6-13)24(22,23)8-3-1-2-7(4-8)10(16)17/h1-4,9H,5-6,14H2,(H,16,17)(H,18,19)(H,20,21)/t9-,13+/m1/s1. The molecule has 0 aliphatic carbocycles. The van der Waals surface area contributed by atoms with Gasteiger partial charge in [0.2, 0.25) is 10.0 Å². The molecule has 5 N–H and O–H groups in total. The Balaban J connectivity index is 2.51. The number of aromatic carboxylic acids is 1. The summed E-state index contributed by atoms with van der Waals surface area (Å²) >= 11 is 0. The molecule has 0 amide bonds. The largest absolute Gasteiger partial charge is 0.480 e. The molecule has 2 atom stereocenters. The highest BCUT2D eigenvalue weighted by molar-refractivity contribution is 7.89. The molecule has 0 saturated carbocycles. The predicted molar refractivity (Wildman–Crippen MR) is 77.9 cm³/mol. The van der Waals surface area contributed by atoms with E-state index in [0.717, 1.165) is 12.1 Å². The fourth-order valence-corrected chi connectivity index (χ4v) is 4.14. The Kier molecular flexibility index (Phi) is 4.35. The maximum Gasteiger partial charge on any atom is 0.335 e. The van der Waals surface area contributed by atoms with E-state index in [0.29, 0.717) is 4.31 Å². The Morgan fingerprint density at radius 1 is 1.21 bits per heavy atom. The molecule has 1 fully saturated rings. The highest BCUT2D eigenvalue weighted by Crippen LogP contribution is 2.31. The van der Waals surface area contributed by atoms with Gasteiger partial charge >= 0.3 is 17.9 Å². The van der Waals surface area contributed by atoms with Crippen molar-refractivity contribution in [1.82, 2.24) is 4.31 Å². The monoisotopic (exact) mass is 358 g/mol. The molecular formula is C13H14N2O8S. The maximum atomic E-state index is 12.7. The van der Waals surface area contributed by atoms with Crippen LogP contribution in [0, 0.1) is 0 Å². The normalized spacial score (nSPS) is 24.6. The van der Waals surface area contributed by atoms with Gasteiger partial charge in [0.05, 0.1) is 10.5 Å². The molecule has 10 nitrogen and oxygen atoms in total. The van der Waals surface area contributed by atoms with Crippen LogP contribution in [0.3, 0.4) is 0 Å². The van der Waals surface area contributed by atoms with Gasteiger partial charge in [-0.15, -0.1) is 0 Å². The minimum absolute atomic E-state index is 0.306. The molecule has 1 aliphatic rings. The maximum absolute atomic E-state index is 12.7. The van der Waals surface area contributed by atoms with Crippen LogP contribution in [0.4, 0.5) is 0 Å². The summed E-state index contributed by atoms with van der Waals surface area (Å²) in [5.41, 5.74) is 3.26. The van der Waals surface area contributed by atoms with Gasteiger partial charge in [0.15, 0.2) is 0 Å². The van der Waals surface area contributed by atoms with Crippen LogP contribution in [-0.2, 0) is 19.6 Å². The number of benzene rings is 1. The van der Waals surface area contributed by atoms with Crippen LogP contribution in [0.5, 0.6) is 0 Å². The molecule has 1 aliphatic heterocycles. The van der Waals surface area contributed by atoms with Crippen LogP contribution >= 0.6 is 0 Å². The molecule has 0 radical (unpaired) electrons. The van der Waals surface area contributed by atoms with Crippen molar-refractivity contribution in [2.24, 2.45) is 5.73 Å². The van der Waals surface area contributed by atoms with Gasteiger partial charge in [-0.2, -0.15) is 4.31 Å². The Morgan fingerprint density at radius 2 is 1.83 bits per heavy atom. The second kappa shape index (κ2) is 5.85. The van der Waals surface area contributed by atoms with Crippen LogP contribution in [0.15, 0.2) is 29.2 Å². The van der Waals surface area contributed by atoms with Crippen molar-refractivity contribution in [3.8, 4) is 0 Å². The quantitative estimate of drug-likeness (QED) is 0.515. The van der Waals surface area contributed by atoms with E-state index >= 15 is 0 Å². The second-order valence-corrected chi connectivity index (χ2v) is 7.29. The molecule has 1 aromatic rings. The SMILES string of the molecule is N[C@@]1(C(=O)O)C[C@H](C(=O)O)N(S(=O)(=O)c2cccc(C(=O)O)c2)C1. The number of hydrogen-bond donors (Lipinski definition) is 4. The first-order valence-electron chi connectivity index (χ1n) is 6.59. The van der Waals surface area contributed by atoms with E-state index in [1.807, 2.05) is 0 Å². The molecule has 1 heterocycles. The summed E-state index contributed by atoms with van der Waals surface area (Å²) in [4.78, 5) is 33.1. The van der Waals surface area contributed by atoms with Crippen molar-refractivity contribution in [2.75, 3.05) is 6.54 Å². The third-order valence-electron chi connectivity index (χ3n) is 3.74. The minimum Gasteiger partial charge on any atom is -0.480 e. The summed E-state index contributed by atoms with van der Waals surface area (Å²) in [7, 11) is -4.45. The summed E-state index contributed by atoms with van der Waals surface area (Å²) in [5, 5.41) is 27.3. The van der Waals surface area contributed by atoms with Gasteiger partial charge in [-0.05, 0) is 18.2 Å². The number of aliphatic carboxylic acids is 2. The van der Waals surface area contributed by atoms with Crippen LogP contribution < -0.4 is 5.73 Å². The first kappa shape index (κ1) is 17.8. The smallest absolute Gasteiger partial charge is 0.335 e. The fraction of sp³-hybridized carbons (Fsp3) is 0.308. The van der Waals surface area contributed by atoms with Crippen molar-refractivity contribution >= 4 is 27.9 Å². The molecule has 24 heavy (non-hydrogen) atoms. The highest BCUT2D eigenvalue weighted by atomic mass is 32.2. The molecule has 0 aromatic heterocycles. The Labute approximate surface area is 136 Å². The molecule has 11 heteroatoms. The second-order valence-electron chi connectivity index (χ2n) is 5.40. The molecule has 0 unspecified atom stereocenters. The Morgan fingerprint density at radius 3 is 2.33 bits per heavy atom. The summed E-state index contributed by atoms with van der Waals surface area (Å²) in [6.45, 7) is -0.737. The van der Waals surface area contributed by atoms with Crippen LogP contribution in [-0.4, -0.2) is 64.1 Å². The van der Waals surface area contributed by atoms with Gasteiger partial charge in [-0.3, -0.25) is 9.59 Å². The average molecular weight is 358 g/mol. The molecule has 0 bridgehead atoms. The van der Waals surface area contributed by atoms with Crippen LogP contribution in [0.2, 0.25) is 0 Å². The van der Waals surface area contributed by atoms with Crippen molar-refractivity contribution in [3.63, 3.8) is 0 Å². The van der Waals surface area contributed by atoms with Gasteiger partial charge < -0.3 is 21.1 Å². The van der Waals surface area contributed by atoms with Gasteiger partial charge in [-0.25, -0.2) is 13.2 Å². The lowest BCUT2D eigenvalue weighted by molar-refractivity contribution is -0.142. The van der Waals surface area contributed by atoms with E-state index in [9.17, 15) is 27.9 Å². The number of carboxylic acid groups (broad SMARTS) is 3. The molecule has 2 rings (SSSR count). The third kappa shape index (κ3) is 2.96. The summed E-state index contributed by atoms with van der Waals surface area (Å²) in [6.07, 6.45) is -0.602. The van der Waals surface area contributed by atoms with E-state index in [1.165, 1.54) is 12.1 Å². The number of carbonyl (C=O) groups is 3. The number of rotatable bonds is 5. The first-order valence-corrected chi connectivity index (χ1v) is 8.03. The summed E-state index contributed by atoms with van der Waals surface area (Å²) in [6, 6.07) is 2.66. The van der Waals surface area contributed by atoms with Crippen molar-refractivity contribution in [2.45, 2.75) is 22.9 Å². The van der Waals surface area contributed by atoms with Gasteiger partial charge in [0, 0.05) is 13.0 Å². The zero-order chi connectivity index (χ0) is 18.3. The zero-order valence-electron chi connectivity index (χ0n) is 12.1. The molecule has 1 saturated heterocycles.